The monoisotopic (exact) mass is 240 g/mol. The van der Waals surface area contributed by atoms with Gasteiger partial charge in [0.1, 0.15) is 0 Å². The van der Waals surface area contributed by atoms with E-state index in [4.69, 9.17) is 4.74 Å². The number of nitrogens with zero attached hydrogens (tertiary/aromatic N) is 2. The fourth-order valence-corrected chi connectivity index (χ4v) is 2.81. The Bertz CT molecular complexity index is 228. The summed E-state index contributed by atoms with van der Waals surface area (Å²) in [5, 5.41) is 0. The molecule has 0 unspecified atom stereocenters. The number of piperidine rings is 2. The molecule has 0 aliphatic carbocycles. The van der Waals surface area contributed by atoms with E-state index in [1.807, 2.05) is 0 Å². The molecule has 98 valence electrons. The lowest BCUT2D eigenvalue weighted by molar-refractivity contribution is -0.184. The summed E-state index contributed by atoms with van der Waals surface area (Å²) < 4.78 is 5.54. The Labute approximate surface area is 104 Å². The second-order valence-corrected chi connectivity index (χ2v) is 5.13. The van der Waals surface area contributed by atoms with Crippen molar-refractivity contribution in [3.05, 3.63) is 0 Å². The normalized spacial score (nSPS) is 23.9. The van der Waals surface area contributed by atoms with Gasteiger partial charge in [-0.15, -0.1) is 0 Å². The molecule has 0 bridgehead atoms. The van der Waals surface area contributed by atoms with Crippen molar-refractivity contribution in [1.82, 2.24) is 9.80 Å². The maximum absolute atomic E-state index is 11.3. The third-order valence-corrected chi connectivity index (χ3v) is 3.68. The number of rotatable bonds is 3. The van der Waals surface area contributed by atoms with Gasteiger partial charge in [-0.25, -0.2) is 0 Å². The van der Waals surface area contributed by atoms with Gasteiger partial charge in [0, 0.05) is 33.1 Å². The van der Waals surface area contributed by atoms with E-state index in [0.717, 1.165) is 26.2 Å². The Morgan fingerprint density at radius 2 is 1.29 bits per heavy atom. The zero-order valence-electron chi connectivity index (χ0n) is 10.9. The molecule has 0 amide bonds. The van der Waals surface area contributed by atoms with Gasteiger partial charge in [-0.05, 0) is 25.7 Å². The summed E-state index contributed by atoms with van der Waals surface area (Å²) in [5.41, 5.74) is 0. The van der Waals surface area contributed by atoms with Gasteiger partial charge in [-0.3, -0.25) is 14.6 Å². The first kappa shape index (κ1) is 12.8. The van der Waals surface area contributed by atoms with Gasteiger partial charge in [0.05, 0.1) is 0 Å². The van der Waals surface area contributed by atoms with Crippen LogP contribution < -0.4 is 0 Å². The largest absolute Gasteiger partial charge is 0.433 e. The van der Waals surface area contributed by atoms with E-state index in [2.05, 4.69) is 9.80 Å². The Kier molecular flexibility index (Phi) is 4.80. The van der Waals surface area contributed by atoms with Crippen molar-refractivity contribution in [2.75, 3.05) is 26.2 Å². The van der Waals surface area contributed by atoms with Crippen LogP contribution in [0.15, 0.2) is 0 Å². The van der Waals surface area contributed by atoms with Crippen LogP contribution in [0.2, 0.25) is 0 Å². The highest BCUT2D eigenvalue weighted by molar-refractivity contribution is 5.66. The SMILES string of the molecule is CC(=O)OC(N1CCCCC1)N1CCCCC1. The molecule has 0 saturated carbocycles. The van der Waals surface area contributed by atoms with Crippen LogP contribution in [0.25, 0.3) is 0 Å². The zero-order chi connectivity index (χ0) is 12.1. The molecule has 2 aliphatic rings. The lowest BCUT2D eigenvalue weighted by Crippen LogP contribution is -2.53. The number of esters is 1. The van der Waals surface area contributed by atoms with Crippen LogP contribution in [0.4, 0.5) is 0 Å². The molecule has 4 nitrogen and oxygen atoms in total. The van der Waals surface area contributed by atoms with Gasteiger partial charge in [0.2, 0.25) is 6.35 Å². The van der Waals surface area contributed by atoms with Crippen LogP contribution in [-0.4, -0.2) is 48.3 Å². The fourth-order valence-electron chi connectivity index (χ4n) is 2.81. The molecule has 2 rings (SSSR count). The number of carbonyl (C=O) groups is 1. The highest BCUT2D eigenvalue weighted by Gasteiger charge is 2.29. The summed E-state index contributed by atoms with van der Waals surface area (Å²) in [6.07, 6.45) is 7.43. The summed E-state index contributed by atoms with van der Waals surface area (Å²) in [7, 11) is 0. The number of hydrogen-bond donors (Lipinski definition) is 0. The highest BCUT2D eigenvalue weighted by Crippen LogP contribution is 2.19. The topological polar surface area (TPSA) is 32.8 Å². The maximum atomic E-state index is 11.3. The number of ether oxygens (including phenoxy) is 1. The van der Waals surface area contributed by atoms with Gasteiger partial charge >= 0.3 is 5.97 Å². The highest BCUT2D eigenvalue weighted by atomic mass is 16.6. The Hall–Kier alpha value is -0.610. The molecule has 0 spiro atoms. The van der Waals surface area contributed by atoms with Crippen LogP contribution in [0.5, 0.6) is 0 Å². The van der Waals surface area contributed by atoms with Crippen LogP contribution in [0.3, 0.4) is 0 Å². The van der Waals surface area contributed by atoms with Crippen LogP contribution >= 0.6 is 0 Å². The smallest absolute Gasteiger partial charge is 0.305 e. The molecule has 4 heteroatoms. The molecular formula is C13H24N2O2. The van der Waals surface area contributed by atoms with Gasteiger partial charge in [-0.2, -0.15) is 0 Å². The lowest BCUT2D eigenvalue weighted by atomic mass is 10.1. The number of carbonyl (C=O) groups excluding carboxylic acids is 1. The summed E-state index contributed by atoms with van der Waals surface area (Å²) in [6.45, 7) is 5.77. The summed E-state index contributed by atoms with van der Waals surface area (Å²) in [5.74, 6) is -0.161. The third kappa shape index (κ3) is 3.68. The van der Waals surface area contributed by atoms with Gasteiger partial charge in [-0.1, -0.05) is 12.8 Å². The van der Waals surface area contributed by atoms with Crippen molar-refractivity contribution >= 4 is 5.97 Å². The maximum Gasteiger partial charge on any atom is 0.305 e. The first-order valence-electron chi connectivity index (χ1n) is 6.93. The van der Waals surface area contributed by atoms with Crippen molar-refractivity contribution in [2.24, 2.45) is 0 Å². The van der Waals surface area contributed by atoms with E-state index in [9.17, 15) is 4.79 Å². The molecule has 2 saturated heterocycles. The molecule has 0 aromatic rings. The van der Waals surface area contributed by atoms with Crippen molar-refractivity contribution in [1.29, 1.82) is 0 Å². The van der Waals surface area contributed by atoms with Gasteiger partial charge in [0.25, 0.3) is 0 Å². The molecule has 0 aromatic heterocycles. The van der Waals surface area contributed by atoms with E-state index >= 15 is 0 Å². The predicted molar refractivity (Wildman–Crippen MR) is 66.4 cm³/mol. The minimum atomic E-state index is -0.161. The van der Waals surface area contributed by atoms with Crippen molar-refractivity contribution < 1.29 is 9.53 Å². The van der Waals surface area contributed by atoms with E-state index in [0.29, 0.717) is 0 Å². The molecule has 0 aromatic carbocycles. The van der Waals surface area contributed by atoms with Crippen molar-refractivity contribution in [2.45, 2.75) is 51.8 Å². The first-order chi connectivity index (χ1) is 8.27. The average molecular weight is 240 g/mol. The zero-order valence-corrected chi connectivity index (χ0v) is 10.9. The molecule has 0 N–H and O–H groups in total. The summed E-state index contributed by atoms with van der Waals surface area (Å²) in [6, 6.07) is 0. The second-order valence-electron chi connectivity index (χ2n) is 5.13. The second kappa shape index (κ2) is 6.36. The predicted octanol–water partition coefficient (Wildman–Crippen LogP) is 1.80. The minimum Gasteiger partial charge on any atom is -0.433 e. The summed E-state index contributed by atoms with van der Waals surface area (Å²) >= 11 is 0. The molecule has 2 aliphatic heterocycles. The Balaban J connectivity index is 1.97. The van der Waals surface area contributed by atoms with Crippen molar-refractivity contribution in [3.8, 4) is 0 Å². The van der Waals surface area contributed by atoms with Crippen LogP contribution in [0.1, 0.15) is 45.4 Å². The standard InChI is InChI=1S/C13H24N2O2/c1-12(16)17-13(14-8-4-2-5-9-14)15-10-6-3-7-11-15/h13H,2-11H2,1H3. The number of hydrogen-bond acceptors (Lipinski definition) is 4. The molecule has 0 atom stereocenters. The average Bonchev–Trinajstić information content (AvgIpc) is 2.38. The third-order valence-electron chi connectivity index (χ3n) is 3.68. The van der Waals surface area contributed by atoms with Gasteiger partial charge in [0.15, 0.2) is 0 Å². The number of likely N-dealkylation sites (tertiary alicyclic amines) is 2. The van der Waals surface area contributed by atoms with Crippen LogP contribution in [0, 0.1) is 0 Å². The van der Waals surface area contributed by atoms with E-state index in [1.165, 1.54) is 45.4 Å². The molecule has 0 radical (unpaired) electrons. The summed E-state index contributed by atoms with van der Waals surface area (Å²) in [4.78, 5) is 15.9. The fraction of sp³-hybridized carbons (Fsp3) is 0.923. The Morgan fingerprint density at radius 1 is 0.882 bits per heavy atom. The molecule has 2 heterocycles. The quantitative estimate of drug-likeness (QED) is 0.704. The van der Waals surface area contributed by atoms with E-state index < -0.39 is 0 Å². The minimum absolute atomic E-state index is 0.104. The molecular weight excluding hydrogens is 216 g/mol. The molecule has 2 fully saturated rings. The van der Waals surface area contributed by atoms with E-state index in [-0.39, 0.29) is 12.3 Å². The Morgan fingerprint density at radius 3 is 1.65 bits per heavy atom. The van der Waals surface area contributed by atoms with Gasteiger partial charge < -0.3 is 4.74 Å². The first-order valence-corrected chi connectivity index (χ1v) is 6.93. The van der Waals surface area contributed by atoms with Crippen molar-refractivity contribution in [3.63, 3.8) is 0 Å². The molecule has 17 heavy (non-hydrogen) atoms. The van der Waals surface area contributed by atoms with E-state index in [1.54, 1.807) is 0 Å². The lowest BCUT2D eigenvalue weighted by Gasteiger charge is -2.41. The van der Waals surface area contributed by atoms with Crippen LogP contribution in [-0.2, 0) is 9.53 Å².